The molecule has 17 heavy (non-hydrogen) atoms. The Balaban J connectivity index is 1.81. The second-order valence-corrected chi connectivity index (χ2v) is 6.38. The minimum absolute atomic E-state index is 0.887. The van der Waals surface area contributed by atoms with Gasteiger partial charge in [0.05, 0.1) is 0 Å². The number of hydrogen-bond donors (Lipinski definition) is 0. The molecule has 1 unspecified atom stereocenters. The first-order valence-electron chi connectivity index (χ1n) is 8.00. The maximum Gasteiger partial charge on any atom is -0.0203 e. The van der Waals surface area contributed by atoms with Crippen LogP contribution in [0.15, 0.2) is 11.6 Å². The molecule has 1 saturated carbocycles. The summed E-state index contributed by atoms with van der Waals surface area (Å²) >= 11 is 0. The lowest BCUT2D eigenvalue weighted by Crippen LogP contribution is -2.22. The van der Waals surface area contributed by atoms with Gasteiger partial charge < -0.3 is 0 Å². The molecule has 0 amide bonds. The molecule has 0 bridgehead atoms. The largest absolute Gasteiger partial charge is 0.0851 e. The fourth-order valence-corrected chi connectivity index (χ4v) is 3.96. The Morgan fingerprint density at radius 1 is 1.18 bits per heavy atom. The van der Waals surface area contributed by atoms with Crippen LogP contribution >= 0.6 is 0 Å². The first kappa shape index (κ1) is 13.2. The minimum atomic E-state index is 0.887. The Labute approximate surface area is 108 Å². The van der Waals surface area contributed by atoms with Crippen molar-refractivity contribution in [3.05, 3.63) is 11.6 Å². The molecule has 0 aromatic rings. The number of hydrogen-bond acceptors (Lipinski definition) is 0. The molecule has 0 heteroatoms. The van der Waals surface area contributed by atoms with Gasteiger partial charge in [-0.1, -0.05) is 51.2 Å². The van der Waals surface area contributed by atoms with E-state index >= 15 is 0 Å². The maximum atomic E-state index is 2.56. The molecule has 0 nitrogen and oxygen atoms in total. The maximum absolute atomic E-state index is 2.56. The van der Waals surface area contributed by atoms with E-state index in [9.17, 15) is 0 Å². The predicted octanol–water partition coefficient (Wildman–Crippen LogP) is 5.73. The third-order valence-corrected chi connectivity index (χ3v) is 5.21. The van der Waals surface area contributed by atoms with Gasteiger partial charge in [0, 0.05) is 0 Å². The van der Waals surface area contributed by atoms with Crippen LogP contribution in [0, 0.1) is 17.8 Å². The minimum Gasteiger partial charge on any atom is -0.0851 e. The van der Waals surface area contributed by atoms with Crippen LogP contribution in [-0.4, -0.2) is 0 Å². The zero-order chi connectivity index (χ0) is 12.1. The van der Waals surface area contributed by atoms with Crippen LogP contribution in [0.1, 0.15) is 78.1 Å². The van der Waals surface area contributed by atoms with Crippen LogP contribution < -0.4 is 0 Å². The van der Waals surface area contributed by atoms with Gasteiger partial charge in [-0.2, -0.15) is 0 Å². The van der Waals surface area contributed by atoms with Crippen molar-refractivity contribution in [3.8, 4) is 0 Å². The zero-order valence-electron chi connectivity index (χ0n) is 11.9. The first-order chi connectivity index (χ1) is 8.31. The Bertz CT molecular complexity index is 243. The molecule has 0 spiro atoms. The molecule has 0 aromatic heterocycles. The highest BCUT2D eigenvalue weighted by molar-refractivity contribution is 5.10. The second kappa shape index (κ2) is 6.61. The van der Waals surface area contributed by atoms with E-state index in [1.807, 2.05) is 0 Å². The van der Waals surface area contributed by atoms with Gasteiger partial charge in [-0.05, 0) is 56.3 Å². The lowest BCUT2D eigenvalue weighted by molar-refractivity contribution is 0.220. The highest BCUT2D eigenvalue weighted by Crippen LogP contribution is 2.39. The van der Waals surface area contributed by atoms with Crippen molar-refractivity contribution >= 4 is 0 Å². The lowest BCUT2D eigenvalue weighted by Gasteiger charge is -2.34. The molecule has 0 saturated heterocycles. The van der Waals surface area contributed by atoms with E-state index in [1.54, 1.807) is 5.57 Å². The van der Waals surface area contributed by atoms with E-state index in [1.165, 1.54) is 64.2 Å². The van der Waals surface area contributed by atoms with Crippen molar-refractivity contribution in [1.29, 1.82) is 0 Å². The predicted molar refractivity (Wildman–Crippen MR) is 76.1 cm³/mol. The van der Waals surface area contributed by atoms with Gasteiger partial charge >= 0.3 is 0 Å². The number of allylic oxidation sites excluding steroid dienone is 2. The molecule has 2 aliphatic rings. The fraction of sp³-hybridized carbons (Fsp3) is 0.882. The van der Waals surface area contributed by atoms with Gasteiger partial charge in [0.1, 0.15) is 0 Å². The Hall–Kier alpha value is -0.260. The third-order valence-electron chi connectivity index (χ3n) is 5.21. The van der Waals surface area contributed by atoms with Crippen molar-refractivity contribution in [2.24, 2.45) is 17.8 Å². The van der Waals surface area contributed by atoms with Crippen molar-refractivity contribution in [2.45, 2.75) is 78.1 Å². The average molecular weight is 234 g/mol. The van der Waals surface area contributed by atoms with E-state index in [-0.39, 0.29) is 0 Å². The van der Waals surface area contributed by atoms with Crippen LogP contribution in [-0.2, 0) is 0 Å². The summed E-state index contributed by atoms with van der Waals surface area (Å²) in [6, 6.07) is 0. The average Bonchev–Trinajstić information content (AvgIpc) is 2.40. The molecule has 1 fully saturated rings. The summed E-state index contributed by atoms with van der Waals surface area (Å²) in [5.41, 5.74) is 1.80. The summed E-state index contributed by atoms with van der Waals surface area (Å²) in [4.78, 5) is 0. The highest BCUT2D eigenvalue weighted by Gasteiger charge is 2.26. The van der Waals surface area contributed by atoms with Crippen molar-refractivity contribution in [3.63, 3.8) is 0 Å². The molecule has 0 N–H and O–H groups in total. The summed E-state index contributed by atoms with van der Waals surface area (Å²) < 4.78 is 0. The molecule has 0 radical (unpaired) electrons. The Morgan fingerprint density at radius 3 is 2.53 bits per heavy atom. The van der Waals surface area contributed by atoms with Gasteiger partial charge in [0.2, 0.25) is 0 Å². The van der Waals surface area contributed by atoms with Gasteiger partial charge in [-0.25, -0.2) is 0 Å². The van der Waals surface area contributed by atoms with Crippen molar-refractivity contribution < 1.29 is 0 Å². The van der Waals surface area contributed by atoms with Gasteiger partial charge in [-0.15, -0.1) is 0 Å². The summed E-state index contributed by atoms with van der Waals surface area (Å²) in [6.07, 6.45) is 17.1. The SMILES string of the molecule is CCCC1CCC(C(C)C2=CCCCC2)CC1. The van der Waals surface area contributed by atoms with E-state index in [2.05, 4.69) is 19.9 Å². The van der Waals surface area contributed by atoms with E-state index < -0.39 is 0 Å². The van der Waals surface area contributed by atoms with E-state index in [0.29, 0.717) is 0 Å². The topological polar surface area (TPSA) is 0 Å². The third kappa shape index (κ3) is 3.60. The van der Waals surface area contributed by atoms with Crippen LogP contribution in [0.3, 0.4) is 0 Å². The normalized spacial score (nSPS) is 32.0. The Morgan fingerprint density at radius 2 is 1.94 bits per heavy atom. The molecule has 0 aromatic carbocycles. The molecular weight excluding hydrogens is 204 g/mol. The molecule has 0 heterocycles. The van der Waals surface area contributed by atoms with Gasteiger partial charge in [0.25, 0.3) is 0 Å². The van der Waals surface area contributed by atoms with Crippen LogP contribution in [0.4, 0.5) is 0 Å². The smallest absolute Gasteiger partial charge is 0.0203 e. The highest BCUT2D eigenvalue weighted by atomic mass is 14.3. The van der Waals surface area contributed by atoms with Crippen LogP contribution in [0.2, 0.25) is 0 Å². The first-order valence-corrected chi connectivity index (χ1v) is 8.00. The second-order valence-electron chi connectivity index (χ2n) is 6.38. The lowest BCUT2D eigenvalue weighted by atomic mass is 9.72. The molecule has 0 aliphatic heterocycles. The fourth-order valence-electron chi connectivity index (χ4n) is 3.96. The quantitative estimate of drug-likeness (QED) is 0.545. The Kier molecular flexibility index (Phi) is 5.13. The number of rotatable bonds is 4. The standard InChI is InChI=1S/C17H30/c1-3-7-15-10-12-17(13-11-15)14(2)16-8-5-4-6-9-16/h8,14-15,17H,3-7,9-13H2,1-2H3. The van der Waals surface area contributed by atoms with Crippen molar-refractivity contribution in [1.82, 2.24) is 0 Å². The van der Waals surface area contributed by atoms with Crippen LogP contribution in [0.5, 0.6) is 0 Å². The monoisotopic (exact) mass is 234 g/mol. The summed E-state index contributed by atoms with van der Waals surface area (Å²) in [5.74, 6) is 2.95. The molecular formula is C17H30. The van der Waals surface area contributed by atoms with Crippen molar-refractivity contribution in [2.75, 3.05) is 0 Å². The van der Waals surface area contributed by atoms with E-state index in [4.69, 9.17) is 0 Å². The van der Waals surface area contributed by atoms with Gasteiger partial charge in [-0.3, -0.25) is 0 Å². The molecule has 1 atom stereocenters. The molecule has 2 aliphatic carbocycles. The molecule has 98 valence electrons. The summed E-state index contributed by atoms with van der Waals surface area (Å²) in [7, 11) is 0. The van der Waals surface area contributed by atoms with Gasteiger partial charge in [0.15, 0.2) is 0 Å². The molecule has 2 rings (SSSR count). The zero-order valence-corrected chi connectivity index (χ0v) is 11.9. The van der Waals surface area contributed by atoms with E-state index in [0.717, 1.165) is 17.8 Å². The summed E-state index contributed by atoms with van der Waals surface area (Å²) in [6.45, 7) is 4.84. The summed E-state index contributed by atoms with van der Waals surface area (Å²) in [5, 5.41) is 0. The van der Waals surface area contributed by atoms with Crippen LogP contribution in [0.25, 0.3) is 0 Å².